The van der Waals surface area contributed by atoms with Crippen molar-refractivity contribution in [3.8, 4) is 0 Å². The summed E-state index contributed by atoms with van der Waals surface area (Å²) in [6, 6.07) is 9.18. The quantitative estimate of drug-likeness (QED) is 0.682. The van der Waals surface area contributed by atoms with Crippen LogP contribution in [0.5, 0.6) is 0 Å². The van der Waals surface area contributed by atoms with E-state index in [1.165, 1.54) is 12.1 Å². The molecule has 1 aliphatic heterocycles. The Morgan fingerprint density at radius 2 is 2.00 bits per heavy atom. The number of amides is 2. The van der Waals surface area contributed by atoms with Gasteiger partial charge in [-0.25, -0.2) is 17.9 Å². The number of ether oxygens (including phenoxy) is 1. The molecule has 1 fully saturated rings. The molecule has 1 unspecified atom stereocenters. The van der Waals surface area contributed by atoms with Crippen molar-refractivity contribution in [1.29, 1.82) is 0 Å². The molecule has 1 aliphatic rings. The highest BCUT2D eigenvalue weighted by molar-refractivity contribution is 7.89. The molecule has 1 aromatic heterocycles. The second kappa shape index (κ2) is 9.43. The van der Waals surface area contributed by atoms with Crippen LogP contribution in [0, 0.1) is 0 Å². The summed E-state index contributed by atoms with van der Waals surface area (Å²) in [6.07, 6.45) is 3.48. The van der Waals surface area contributed by atoms with Gasteiger partial charge in [0, 0.05) is 24.9 Å². The van der Waals surface area contributed by atoms with Crippen LogP contribution in [0.4, 0.5) is 10.5 Å². The number of hydrogen-bond acceptors (Lipinski definition) is 5. The third kappa shape index (κ3) is 6.06. The van der Waals surface area contributed by atoms with E-state index in [4.69, 9.17) is 9.15 Å². The fourth-order valence-electron chi connectivity index (χ4n) is 3.14. The van der Waals surface area contributed by atoms with Gasteiger partial charge in [-0.15, -0.1) is 0 Å². The van der Waals surface area contributed by atoms with Crippen molar-refractivity contribution in [1.82, 2.24) is 9.62 Å². The molecule has 0 radical (unpaired) electrons. The Morgan fingerprint density at radius 3 is 2.59 bits per heavy atom. The van der Waals surface area contributed by atoms with Crippen LogP contribution in [-0.4, -0.2) is 44.6 Å². The first-order chi connectivity index (χ1) is 13.8. The van der Waals surface area contributed by atoms with Crippen molar-refractivity contribution < 1.29 is 22.4 Å². The SMILES string of the molecule is CC(C)NS(=O)(=O)c1ccc(NC(=O)N(Cc2ccco2)CC2CCCO2)cc1. The maximum Gasteiger partial charge on any atom is 0.322 e. The fraction of sp³-hybridized carbons (Fsp3) is 0.450. The van der Waals surface area contributed by atoms with E-state index in [1.54, 1.807) is 43.2 Å². The lowest BCUT2D eigenvalue weighted by molar-refractivity contribution is 0.0803. The van der Waals surface area contributed by atoms with Crippen LogP contribution < -0.4 is 10.0 Å². The summed E-state index contributed by atoms with van der Waals surface area (Å²) >= 11 is 0. The smallest absolute Gasteiger partial charge is 0.322 e. The van der Waals surface area contributed by atoms with E-state index in [0.29, 0.717) is 31.1 Å². The van der Waals surface area contributed by atoms with Crippen LogP contribution >= 0.6 is 0 Å². The summed E-state index contributed by atoms with van der Waals surface area (Å²) in [5.41, 5.74) is 0.510. The standard InChI is InChI=1S/C20H27N3O5S/c1-15(2)22-29(25,26)19-9-7-16(8-10-19)21-20(24)23(13-17-5-3-11-27-17)14-18-6-4-12-28-18/h3,5,7-11,15,18,22H,4,6,12-14H2,1-2H3,(H,21,24). The van der Waals surface area contributed by atoms with Gasteiger partial charge in [-0.05, 0) is 63.1 Å². The van der Waals surface area contributed by atoms with E-state index in [0.717, 1.165) is 12.8 Å². The molecule has 158 valence electrons. The molecule has 9 heteroatoms. The molecule has 0 spiro atoms. The highest BCUT2D eigenvalue weighted by Crippen LogP contribution is 2.18. The molecule has 29 heavy (non-hydrogen) atoms. The van der Waals surface area contributed by atoms with Gasteiger partial charge in [-0.2, -0.15) is 0 Å². The monoisotopic (exact) mass is 421 g/mol. The first-order valence-electron chi connectivity index (χ1n) is 9.66. The second-order valence-electron chi connectivity index (χ2n) is 7.33. The minimum atomic E-state index is -3.57. The van der Waals surface area contributed by atoms with E-state index in [2.05, 4.69) is 10.0 Å². The van der Waals surface area contributed by atoms with Gasteiger partial charge >= 0.3 is 6.03 Å². The number of carbonyl (C=O) groups is 1. The summed E-state index contributed by atoms with van der Waals surface area (Å²) in [5, 5.41) is 2.82. The van der Waals surface area contributed by atoms with Crippen molar-refractivity contribution in [2.45, 2.75) is 50.3 Å². The molecular formula is C20H27N3O5S. The predicted octanol–water partition coefficient (Wildman–Crippen LogP) is 3.18. The number of sulfonamides is 1. The van der Waals surface area contributed by atoms with Crippen LogP contribution in [0.15, 0.2) is 52.0 Å². The van der Waals surface area contributed by atoms with Crippen molar-refractivity contribution in [2.75, 3.05) is 18.5 Å². The lowest BCUT2D eigenvalue weighted by Gasteiger charge is -2.25. The van der Waals surface area contributed by atoms with Gasteiger partial charge < -0.3 is 19.4 Å². The van der Waals surface area contributed by atoms with Crippen molar-refractivity contribution in [3.05, 3.63) is 48.4 Å². The van der Waals surface area contributed by atoms with E-state index < -0.39 is 10.0 Å². The summed E-state index contributed by atoms with van der Waals surface area (Å²) in [7, 11) is -3.57. The van der Waals surface area contributed by atoms with E-state index in [9.17, 15) is 13.2 Å². The average molecular weight is 422 g/mol. The van der Waals surface area contributed by atoms with Crippen molar-refractivity contribution in [3.63, 3.8) is 0 Å². The van der Waals surface area contributed by atoms with Gasteiger partial charge in [-0.1, -0.05) is 0 Å². The van der Waals surface area contributed by atoms with E-state index >= 15 is 0 Å². The summed E-state index contributed by atoms with van der Waals surface area (Å²) in [4.78, 5) is 14.6. The Balaban J connectivity index is 1.68. The van der Waals surface area contributed by atoms with Crippen LogP contribution in [0.3, 0.4) is 0 Å². The number of nitrogens with one attached hydrogen (secondary N) is 2. The average Bonchev–Trinajstić information content (AvgIpc) is 3.34. The summed E-state index contributed by atoms with van der Waals surface area (Å²) in [5.74, 6) is 0.680. The number of hydrogen-bond donors (Lipinski definition) is 2. The third-order valence-corrected chi connectivity index (χ3v) is 6.14. The van der Waals surface area contributed by atoms with E-state index in [1.807, 2.05) is 6.07 Å². The van der Waals surface area contributed by atoms with Gasteiger partial charge in [0.05, 0.1) is 23.8 Å². The maximum absolute atomic E-state index is 12.8. The Hall–Kier alpha value is -2.36. The topological polar surface area (TPSA) is 101 Å². The summed E-state index contributed by atoms with van der Waals surface area (Å²) in [6.45, 7) is 5.00. The molecule has 2 aromatic rings. The van der Waals surface area contributed by atoms with Gasteiger partial charge in [0.15, 0.2) is 0 Å². The van der Waals surface area contributed by atoms with Crippen LogP contribution in [0.2, 0.25) is 0 Å². The van der Waals surface area contributed by atoms with Gasteiger partial charge in [0.25, 0.3) is 0 Å². The lowest BCUT2D eigenvalue weighted by atomic mass is 10.2. The normalized spacial score (nSPS) is 16.9. The number of anilines is 1. The fourth-order valence-corrected chi connectivity index (χ4v) is 4.39. The second-order valence-corrected chi connectivity index (χ2v) is 9.04. The molecule has 2 N–H and O–H groups in total. The van der Waals surface area contributed by atoms with Crippen LogP contribution in [-0.2, 0) is 21.3 Å². The Morgan fingerprint density at radius 1 is 1.24 bits per heavy atom. The first kappa shape index (κ1) is 21.4. The third-order valence-electron chi connectivity index (χ3n) is 4.47. The number of rotatable bonds is 8. The zero-order chi connectivity index (χ0) is 20.9. The highest BCUT2D eigenvalue weighted by Gasteiger charge is 2.24. The molecular weight excluding hydrogens is 394 g/mol. The van der Waals surface area contributed by atoms with Gasteiger partial charge in [-0.3, -0.25) is 0 Å². The number of nitrogens with zero attached hydrogens (tertiary/aromatic N) is 1. The van der Waals surface area contributed by atoms with Crippen molar-refractivity contribution in [2.24, 2.45) is 0 Å². The highest BCUT2D eigenvalue weighted by atomic mass is 32.2. The molecule has 1 saturated heterocycles. The Bertz CT molecular complexity index is 889. The minimum Gasteiger partial charge on any atom is -0.467 e. The lowest BCUT2D eigenvalue weighted by Crippen LogP contribution is -2.39. The molecule has 2 heterocycles. The van der Waals surface area contributed by atoms with Crippen molar-refractivity contribution >= 4 is 21.7 Å². The summed E-state index contributed by atoms with van der Waals surface area (Å²) < 4.78 is 38.0. The van der Waals surface area contributed by atoms with Gasteiger partial charge in [0.2, 0.25) is 10.0 Å². The van der Waals surface area contributed by atoms with E-state index in [-0.39, 0.29) is 23.1 Å². The molecule has 0 saturated carbocycles. The van der Waals surface area contributed by atoms with Crippen LogP contribution in [0.1, 0.15) is 32.4 Å². The first-order valence-corrected chi connectivity index (χ1v) is 11.1. The predicted molar refractivity (Wildman–Crippen MR) is 109 cm³/mol. The zero-order valence-electron chi connectivity index (χ0n) is 16.6. The number of urea groups is 1. The van der Waals surface area contributed by atoms with Gasteiger partial charge in [0.1, 0.15) is 5.76 Å². The Labute approximate surface area is 171 Å². The molecule has 0 aliphatic carbocycles. The minimum absolute atomic E-state index is 0.00494. The molecule has 1 atom stereocenters. The van der Waals surface area contributed by atoms with Crippen LogP contribution in [0.25, 0.3) is 0 Å². The zero-order valence-corrected chi connectivity index (χ0v) is 17.4. The largest absolute Gasteiger partial charge is 0.467 e. The molecule has 3 rings (SSSR count). The molecule has 8 nitrogen and oxygen atoms in total. The molecule has 1 aromatic carbocycles. The molecule has 0 bridgehead atoms. The number of carbonyl (C=O) groups excluding carboxylic acids is 1. The molecule has 2 amide bonds. The maximum atomic E-state index is 12.8. The Kier molecular flexibility index (Phi) is 6.94. The number of benzene rings is 1. The number of furan rings is 1.